The lowest BCUT2D eigenvalue weighted by atomic mass is 10.3. The third-order valence-electron chi connectivity index (χ3n) is 3.83. The number of rotatable bonds is 2. The van der Waals surface area contributed by atoms with Crippen LogP contribution in [-0.4, -0.2) is 55.7 Å². The third kappa shape index (κ3) is 2.54. The highest BCUT2D eigenvalue weighted by molar-refractivity contribution is 5.48. The lowest BCUT2D eigenvalue weighted by Gasteiger charge is -2.35. The van der Waals surface area contributed by atoms with Gasteiger partial charge in [-0.3, -0.25) is 4.98 Å². The van der Waals surface area contributed by atoms with Crippen LogP contribution >= 0.6 is 0 Å². The lowest BCUT2D eigenvalue weighted by Crippen LogP contribution is -2.47. The van der Waals surface area contributed by atoms with Crippen molar-refractivity contribution in [2.24, 2.45) is 0 Å². The Hall–Kier alpha value is -2.84. The van der Waals surface area contributed by atoms with Crippen LogP contribution in [0.15, 0.2) is 24.8 Å². The van der Waals surface area contributed by atoms with E-state index < -0.39 is 5.82 Å². The Labute approximate surface area is 131 Å². The van der Waals surface area contributed by atoms with Crippen molar-refractivity contribution in [3.8, 4) is 0 Å². The van der Waals surface area contributed by atoms with Gasteiger partial charge in [-0.15, -0.1) is 5.10 Å². The summed E-state index contributed by atoms with van der Waals surface area (Å²) in [5.41, 5.74) is 0.740. The zero-order valence-electron chi connectivity index (χ0n) is 12.6. The molecule has 4 heterocycles. The summed E-state index contributed by atoms with van der Waals surface area (Å²) < 4.78 is 14.7. The van der Waals surface area contributed by atoms with Crippen LogP contribution in [0.25, 0.3) is 5.65 Å². The molecule has 1 aliphatic heterocycles. The Morgan fingerprint density at radius 3 is 2.39 bits per heavy atom. The van der Waals surface area contributed by atoms with Gasteiger partial charge in [0.15, 0.2) is 17.3 Å². The third-order valence-corrected chi connectivity index (χ3v) is 3.83. The van der Waals surface area contributed by atoms with Crippen molar-refractivity contribution in [1.82, 2.24) is 29.5 Å². The first-order valence-electron chi connectivity index (χ1n) is 7.35. The molecule has 0 N–H and O–H groups in total. The first-order chi connectivity index (χ1) is 11.2. The second-order valence-electron chi connectivity index (χ2n) is 5.37. The smallest absolute Gasteiger partial charge is 0.225 e. The van der Waals surface area contributed by atoms with Gasteiger partial charge in [-0.2, -0.15) is 4.52 Å². The predicted molar refractivity (Wildman–Crippen MR) is 81.9 cm³/mol. The number of anilines is 2. The van der Waals surface area contributed by atoms with Gasteiger partial charge in [-0.25, -0.2) is 19.3 Å². The van der Waals surface area contributed by atoms with E-state index in [4.69, 9.17) is 0 Å². The Morgan fingerprint density at radius 1 is 0.957 bits per heavy atom. The molecule has 118 valence electrons. The van der Waals surface area contributed by atoms with Crippen molar-refractivity contribution in [1.29, 1.82) is 0 Å². The molecule has 3 aromatic heterocycles. The highest BCUT2D eigenvalue weighted by Crippen LogP contribution is 2.18. The summed E-state index contributed by atoms with van der Waals surface area (Å²) in [6.07, 6.45) is 5.88. The number of fused-ring (bicyclic) bond motifs is 1. The fourth-order valence-corrected chi connectivity index (χ4v) is 2.73. The molecule has 23 heavy (non-hydrogen) atoms. The molecule has 0 saturated carbocycles. The SMILES string of the molecule is Cc1nc2cncc(N3CCN(c4ncc(F)cn4)CC3)n2n1. The van der Waals surface area contributed by atoms with E-state index in [1.807, 2.05) is 16.3 Å². The van der Waals surface area contributed by atoms with Gasteiger partial charge in [-0.1, -0.05) is 0 Å². The largest absolute Gasteiger partial charge is 0.352 e. The fourth-order valence-electron chi connectivity index (χ4n) is 2.73. The summed E-state index contributed by atoms with van der Waals surface area (Å²) in [5, 5.41) is 4.42. The molecular formula is C14H15FN8. The van der Waals surface area contributed by atoms with E-state index in [-0.39, 0.29) is 0 Å². The minimum atomic E-state index is -0.424. The van der Waals surface area contributed by atoms with Crippen molar-refractivity contribution in [2.45, 2.75) is 6.92 Å². The average Bonchev–Trinajstić information content (AvgIpc) is 2.96. The van der Waals surface area contributed by atoms with Gasteiger partial charge >= 0.3 is 0 Å². The molecule has 0 bridgehead atoms. The van der Waals surface area contributed by atoms with Crippen LogP contribution in [0.3, 0.4) is 0 Å². The zero-order valence-corrected chi connectivity index (χ0v) is 12.6. The molecule has 0 atom stereocenters. The molecule has 9 heteroatoms. The number of hydrogen-bond donors (Lipinski definition) is 0. The normalized spacial score (nSPS) is 15.4. The topological polar surface area (TPSA) is 75.3 Å². The Bertz CT molecular complexity index is 822. The summed E-state index contributed by atoms with van der Waals surface area (Å²) in [5.74, 6) is 1.77. The molecule has 8 nitrogen and oxygen atoms in total. The summed E-state index contributed by atoms with van der Waals surface area (Å²) in [6.45, 7) is 4.91. The van der Waals surface area contributed by atoms with E-state index in [1.165, 1.54) is 12.4 Å². The number of aryl methyl sites for hydroxylation is 1. The van der Waals surface area contributed by atoms with E-state index in [2.05, 4.69) is 29.9 Å². The second kappa shape index (κ2) is 5.41. The van der Waals surface area contributed by atoms with Crippen molar-refractivity contribution in [3.05, 3.63) is 36.4 Å². The van der Waals surface area contributed by atoms with Gasteiger partial charge in [-0.05, 0) is 6.92 Å². The Morgan fingerprint density at radius 2 is 1.65 bits per heavy atom. The van der Waals surface area contributed by atoms with Crippen LogP contribution in [0.2, 0.25) is 0 Å². The van der Waals surface area contributed by atoms with Crippen molar-refractivity contribution in [3.63, 3.8) is 0 Å². The highest BCUT2D eigenvalue weighted by atomic mass is 19.1. The second-order valence-corrected chi connectivity index (χ2v) is 5.37. The standard InChI is InChI=1S/C14H15FN8/c1-10-19-12-8-16-9-13(23(12)20-10)21-2-4-22(5-3-21)14-17-6-11(15)7-18-14/h6-9H,2-5H2,1H3. The monoisotopic (exact) mass is 314 g/mol. The molecule has 1 aliphatic rings. The summed E-state index contributed by atoms with van der Waals surface area (Å²) >= 11 is 0. The molecule has 0 aromatic carbocycles. The number of hydrogen-bond acceptors (Lipinski definition) is 7. The minimum absolute atomic E-state index is 0.424. The summed E-state index contributed by atoms with van der Waals surface area (Å²) in [6, 6.07) is 0. The average molecular weight is 314 g/mol. The van der Waals surface area contributed by atoms with Gasteiger partial charge in [0.1, 0.15) is 5.82 Å². The van der Waals surface area contributed by atoms with Crippen LogP contribution in [0.1, 0.15) is 5.82 Å². The van der Waals surface area contributed by atoms with E-state index in [1.54, 1.807) is 12.4 Å². The van der Waals surface area contributed by atoms with Crippen LogP contribution in [0.5, 0.6) is 0 Å². The molecule has 0 amide bonds. The number of piperazine rings is 1. The minimum Gasteiger partial charge on any atom is -0.352 e. The van der Waals surface area contributed by atoms with Crippen molar-refractivity contribution in [2.75, 3.05) is 36.0 Å². The molecule has 1 saturated heterocycles. The maximum Gasteiger partial charge on any atom is 0.225 e. The molecule has 4 rings (SSSR count). The Balaban J connectivity index is 1.53. The van der Waals surface area contributed by atoms with Crippen LogP contribution in [0, 0.1) is 12.7 Å². The predicted octanol–water partition coefficient (Wildman–Crippen LogP) is 0.688. The first kappa shape index (κ1) is 13.8. The molecule has 1 fully saturated rings. The maximum atomic E-state index is 12.9. The quantitative estimate of drug-likeness (QED) is 0.689. The molecule has 0 spiro atoms. The van der Waals surface area contributed by atoms with E-state index in [0.29, 0.717) is 5.95 Å². The number of halogens is 1. The summed E-state index contributed by atoms with van der Waals surface area (Å²) in [4.78, 5) is 20.9. The fraction of sp³-hybridized carbons (Fsp3) is 0.357. The molecular weight excluding hydrogens is 299 g/mol. The van der Waals surface area contributed by atoms with Gasteiger partial charge in [0.25, 0.3) is 0 Å². The first-order valence-corrected chi connectivity index (χ1v) is 7.35. The van der Waals surface area contributed by atoms with Gasteiger partial charge in [0.05, 0.1) is 24.8 Å². The van der Waals surface area contributed by atoms with Crippen molar-refractivity contribution >= 4 is 17.4 Å². The van der Waals surface area contributed by atoms with Crippen LogP contribution < -0.4 is 9.80 Å². The van der Waals surface area contributed by atoms with Crippen LogP contribution in [0.4, 0.5) is 16.2 Å². The van der Waals surface area contributed by atoms with E-state index >= 15 is 0 Å². The van der Waals surface area contributed by atoms with Gasteiger partial charge < -0.3 is 9.80 Å². The van der Waals surface area contributed by atoms with E-state index in [9.17, 15) is 4.39 Å². The summed E-state index contributed by atoms with van der Waals surface area (Å²) in [7, 11) is 0. The molecule has 0 radical (unpaired) electrons. The molecule has 0 aliphatic carbocycles. The number of nitrogens with zero attached hydrogens (tertiary/aromatic N) is 8. The maximum absolute atomic E-state index is 12.9. The lowest BCUT2D eigenvalue weighted by molar-refractivity contribution is 0.599. The Kier molecular flexibility index (Phi) is 3.25. The van der Waals surface area contributed by atoms with Gasteiger partial charge in [0, 0.05) is 26.2 Å². The highest BCUT2D eigenvalue weighted by Gasteiger charge is 2.21. The van der Waals surface area contributed by atoms with E-state index in [0.717, 1.165) is 43.5 Å². The van der Waals surface area contributed by atoms with Crippen LogP contribution in [-0.2, 0) is 0 Å². The molecule has 0 unspecified atom stereocenters. The number of aromatic nitrogens is 6. The zero-order chi connectivity index (χ0) is 15.8. The van der Waals surface area contributed by atoms with Gasteiger partial charge in [0.2, 0.25) is 5.95 Å². The molecule has 3 aromatic rings. The van der Waals surface area contributed by atoms with Crippen molar-refractivity contribution < 1.29 is 4.39 Å².